The van der Waals surface area contributed by atoms with Crippen LogP contribution in [-0.4, -0.2) is 28.0 Å². The molecule has 14 heavy (non-hydrogen) atoms. The standard InChI is InChI=1S/C8H9BrN2O3/c1-4(8(13)14)11-7(12)6-2-5(9)3-10-6/h2-4,10H,1H3,(H,11,12)(H,13,14)/t4-/m0/s1. The molecule has 1 atom stereocenters. The summed E-state index contributed by atoms with van der Waals surface area (Å²) in [7, 11) is 0. The maximum atomic E-state index is 11.3. The lowest BCUT2D eigenvalue weighted by Crippen LogP contribution is -2.38. The third kappa shape index (κ3) is 2.59. The largest absolute Gasteiger partial charge is 0.480 e. The van der Waals surface area contributed by atoms with Gasteiger partial charge in [0.15, 0.2) is 0 Å². The van der Waals surface area contributed by atoms with Crippen molar-refractivity contribution < 1.29 is 14.7 Å². The first-order valence-corrected chi connectivity index (χ1v) is 4.67. The lowest BCUT2D eigenvalue weighted by Gasteiger charge is -2.07. The number of H-pyrrole nitrogens is 1. The summed E-state index contributed by atoms with van der Waals surface area (Å²) in [6.45, 7) is 1.40. The Labute approximate surface area is 88.6 Å². The third-order valence-electron chi connectivity index (χ3n) is 1.61. The molecule has 3 N–H and O–H groups in total. The fraction of sp³-hybridized carbons (Fsp3) is 0.250. The van der Waals surface area contributed by atoms with Crippen LogP contribution in [0, 0.1) is 0 Å². The maximum Gasteiger partial charge on any atom is 0.325 e. The van der Waals surface area contributed by atoms with Crippen LogP contribution in [-0.2, 0) is 4.79 Å². The zero-order valence-electron chi connectivity index (χ0n) is 7.37. The number of carboxylic acids is 1. The molecule has 1 rings (SSSR count). The molecule has 1 amide bonds. The molecule has 5 nitrogen and oxygen atoms in total. The Morgan fingerprint density at radius 2 is 2.29 bits per heavy atom. The van der Waals surface area contributed by atoms with Gasteiger partial charge < -0.3 is 15.4 Å². The predicted molar refractivity (Wildman–Crippen MR) is 53.1 cm³/mol. The quantitative estimate of drug-likeness (QED) is 0.758. The van der Waals surface area contributed by atoms with Crippen LogP contribution in [0.15, 0.2) is 16.7 Å². The fourth-order valence-corrected chi connectivity index (χ4v) is 1.18. The first-order valence-electron chi connectivity index (χ1n) is 3.88. The van der Waals surface area contributed by atoms with Gasteiger partial charge in [0.2, 0.25) is 0 Å². The van der Waals surface area contributed by atoms with Crippen LogP contribution in [0.1, 0.15) is 17.4 Å². The highest BCUT2D eigenvalue weighted by Crippen LogP contribution is 2.10. The smallest absolute Gasteiger partial charge is 0.325 e. The average molecular weight is 261 g/mol. The molecule has 0 fully saturated rings. The van der Waals surface area contributed by atoms with E-state index < -0.39 is 17.9 Å². The fourth-order valence-electron chi connectivity index (χ4n) is 0.835. The van der Waals surface area contributed by atoms with E-state index in [-0.39, 0.29) is 0 Å². The highest BCUT2D eigenvalue weighted by molar-refractivity contribution is 9.10. The number of hydrogen-bond acceptors (Lipinski definition) is 2. The Morgan fingerprint density at radius 1 is 1.64 bits per heavy atom. The minimum absolute atomic E-state index is 0.324. The molecule has 6 heteroatoms. The number of carboxylic acid groups (broad SMARTS) is 1. The van der Waals surface area contributed by atoms with E-state index in [0.717, 1.165) is 4.47 Å². The Bertz CT molecular complexity index is 361. The third-order valence-corrected chi connectivity index (χ3v) is 2.07. The predicted octanol–water partition coefficient (Wildman–Crippen LogP) is 0.980. The molecule has 0 aliphatic heterocycles. The van der Waals surface area contributed by atoms with Crippen molar-refractivity contribution in [3.63, 3.8) is 0 Å². The van der Waals surface area contributed by atoms with Gasteiger partial charge in [0.05, 0.1) is 0 Å². The van der Waals surface area contributed by atoms with Crippen molar-refractivity contribution in [2.24, 2.45) is 0 Å². The number of aromatic nitrogens is 1. The molecule has 0 spiro atoms. The number of nitrogens with one attached hydrogen (secondary N) is 2. The summed E-state index contributed by atoms with van der Waals surface area (Å²) in [4.78, 5) is 24.5. The van der Waals surface area contributed by atoms with Gasteiger partial charge in [0, 0.05) is 10.7 Å². The van der Waals surface area contributed by atoms with E-state index >= 15 is 0 Å². The monoisotopic (exact) mass is 260 g/mol. The number of aliphatic carboxylic acids is 1. The average Bonchev–Trinajstić information content (AvgIpc) is 2.51. The molecule has 0 unspecified atom stereocenters. The van der Waals surface area contributed by atoms with Gasteiger partial charge in [0.1, 0.15) is 11.7 Å². The van der Waals surface area contributed by atoms with Crippen LogP contribution in [0.25, 0.3) is 0 Å². The van der Waals surface area contributed by atoms with Crippen molar-refractivity contribution in [2.75, 3.05) is 0 Å². The number of halogens is 1. The molecule has 1 heterocycles. The summed E-state index contributed by atoms with van der Waals surface area (Å²) >= 11 is 3.17. The minimum atomic E-state index is -1.07. The van der Waals surface area contributed by atoms with E-state index in [0.29, 0.717) is 5.69 Å². The number of carbonyl (C=O) groups is 2. The van der Waals surface area contributed by atoms with E-state index in [1.165, 1.54) is 6.92 Å². The number of carbonyl (C=O) groups excluding carboxylic acids is 1. The van der Waals surface area contributed by atoms with Gasteiger partial charge in [-0.15, -0.1) is 0 Å². The van der Waals surface area contributed by atoms with Crippen LogP contribution in [0.4, 0.5) is 0 Å². The highest BCUT2D eigenvalue weighted by atomic mass is 79.9. The van der Waals surface area contributed by atoms with Crippen molar-refractivity contribution in [3.8, 4) is 0 Å². The summed E-state index contributed by atoms with van der Waals surface area (Å²) in [5.41, 5.74) is 0.324. The second-order valence-corrected chi connectivity index (χ2v) is 3.68. The summed E-state index contributed by atoms with van der Waals surface area (Å²) in [5, 5.41) is 10.9. The van der Waals surface area contributed by atoms with Crippen LogP contribution in [0.5, 0.6) is 0 Å². The highest BCUT2D eigenvalue weighted by Gasteiger charge is 2.15. The zero-order valence-corrected chi connectivity index (χ0v) is 8.96. The zero-order chi connectivity index (χ0) is 10.7. The van der Waals surface area contributed by atoms with Gasteiger partial charge in [-0.1, -0.05) is 0 Å². The van der Waals surface area contributed by atoms with E-state index in [9.17, 15) is 9.59 Å². The Balaban J connectivity index is 2.63. The molecular formula is C8H9BrN2O3. The van der Waals surface area contributed by atoms with Crippen molar-refractivity contribution in [1.29, 1.82) is 0 Å². The van der Waals surface area contributed by atoms with E-state index in [1.807, 2.05) is 0 Å². The SMILES string of the molecule is C[C@H](NC(=O)c1cc(Br)c[nH]1)C(=O)O. The number of rotatable bonds is 3. The Hall–Kier alpha value is -1.30. The molecule has 0 saturated heterocycles. The lowest BCUT2D eigenvalue weighted by atomic mass is 10.3. The van der Waals surface area contributed by atoms with E-state index in [4.69, 9.17) is 5.11 Å². The second-order valence-electron chi connectivity index (χ2n) is 2.76. The minimum Gasteiger partial charge on any atom is -0.480 e. The van der Waals surface area contributed by atoms with Crippen LogP contribution >= 0.6 is 15.9 Å². The molecule has 0 aromatic carbocycles. The summed E-state index contributed by atoms with van der Waals surface area (Å²) < 4.78 is 0.741. The van der Waals surface area contributed by atoms with Crippen molar-refractivity contribution in [3.05, 3.63) is 22.4 Å². The van der Waals surface area contributed by atoms with Gasteiger partial charge in [-0.25, -0.2) is 0 Å². The number of hydrogen-bond donors (Lipinski definition) is 3. The molecule has 0 saturated carbocycles. The Morgan fingerprint density at radius 3 is 2.71 bits per heavy atom. The molecule has 1 aromatic heterocycles. The first-order chi connectivity index (χ1) is 6.50. The van der Waals surface area contributed by atoms with E-state index in [2.05, 4.69) is 26.2 Å². The number of aromatic amines is 1. The van der Waals surface area contributed by atoms with Crippen molar-refractivity contribution in [2.45, 2.75) is 13.0 Å². The van der Waals surface area contributed by atoms with Gasteiger partial charge in [-0.05, 0) is 28.9 Å². The summed E-state index contributed by atoms with van der Waals surface area (Å²) in [5.74, 6) is -1.51. The molecule has 1 aromatic rings. The van der Waals surface area contributed by atoms with Crippen LogP contribution in [0.2, 0.25) is 0 Å². The van der Waals surface area contributed by atoms with Gasteiger partial charge in [0.25, 0.3) is 5.91 Å². The van der Waals surface area contributed by atoms with Gasteiger partial charge in [-0.3, -0.25) is 9.59 Å². The normalized spacial score (nSPS) is 12.1. The molecule has 0 bridgehead atoms. The van der Waals surface area contributed by atoms with Gasteiger partial charge >= 0.3 is 5.97 Å². The topological polar surface area (TPSA) is 82.2 Å². The molecule has 0 aliphatic rings. The van der Waals surface area contributed by atoms with Crippen LogP contribution in [0.3, 0.4) is 0 Å². The molecule has 76 valence electrons. The van der Waals surface area contributed by atoms with Crippen molar-refractivity contribution in [1.82, 2.24) is 10.3 Å². The summed E-state index contributed by atoms with van der Waals surface area (Å²) in [6, 6.07) is 0.675. The first kappa shape index (κ1) is 10.8. The molecule has 0 radical (unpaired) electrons. The second kappa shape index (κ2) is 4.28. The Kier molecular flexibility index (Phi) is 3.29. The summed E-state index contributed by atoms with van der Waals surface area (Å²) in [6.07, 6.45) is 1.60. The lowest BCUT2D eigenvalue weighted by molar-refractivity contribution is -0.138. The maximum absolute atomic E-state index is 11.3. The molecular weight excluding hydrogens is 252 g/mol. The van der Waals surface area contributed by atoms with E-state index in [1.54, 1.807) is 12.3 Å². The number of amides is 1. The molecule has 0 aliphatic carbocycles. The van der Waals surface area contributed by atoms with Crippen LogP contribution < -0.4 is 5.32 Å². The van der Waals surface area contributed by atoms with Gasteiger partial charge in [-0.2, -0.15) is 0 Å². The van der Waals surface area contributed by atoms with Crippen molar-refractivity contribution >= 4 is 27.8 Å².